The van der Waals surface area contributed by atoms with E-state index in [-0.39, 0.29) is 18.4 Å². The molecule has 0 atom stereocenters. The third-order valence-corrected chi connectivity index (χ3v) is 4.08. The average molecular weight is 334 g/mol. The molecule has 1 amide bonds. The number of methoxy groups -OCH3 is 1. The van der Waals surface area contributed by atoms with Gasteiger partial charge in [0.25, 0.3) is 5.91 Å². The zero-order chi connectivity index (χ0) is 17.4. The van der Waals surface area contributed by atoms with Crippen LogP contribution in [0.25, 0.3) is 0 Å². The van der Waals surface area contributed by atoms with E-state index < -0.39 is 0 Å². The molecule has 0 saturated carbocycles. The Morgan fingerprint density at radius 2 is 1.92 bits per heavy atom. The largest absolute Gasteiger partial charge is 0.465 e. The maximum atomic E-state index is 12.8. The average Bonchev–Trinajstić information content (AvgIpc) is 2.81. The number of carbonyl (C=O) groups is 2. The molecule has 1 heterocycles. The van der Waals surface area contributed by atoms with Crippen molar-refractivity contribution in [2.24, 2.45) is 0 Å². The first-order valence-corrected chi connectivity index (χ1v) is 8.39. The summed E-state index contributed by atoms with van der Waals surface area (Å²) in [6.45, 7) is 5.69. The summed E-state index contributed by atoms with van der Waals surface area (Å²) < 4.78 is 10.2. The number of amides is 1. The Morgan fingerprint density at radius 3 is 2.67 bits per heavy atom. The van der Waals surface area contributed by atoms with Gasteiger partial charge in [-0.2, -0.15) is 0 Å². The predicted molar refractivity (Wildman–Crippen MR) is 90.7 cm³/mol. The summed E-state index contributed by atoms with van der Waals surface area (Å²) in [5, 5.41) is 0. The summed E-state index contributed by atoms with van der Waals surface area (Å²) in [4.78, 5) is 28.4. The van der Waals surface area contributed by atoms with Crippen LogP contribution in [-0.2, 0) is 20.9 Å². The molecule has 0 radical (unpaired) electrons. The van der Waals surface area contributed by atoms with Crippen LogP contribution in [0, 0.1) is 0 Å². The fraction of sp³-hybridized carbons (Fsp3) is 0.556. The Bertz CT molecular complexity index is 562. The molecule has 0 bridgehead atoms. The quantitative estimate of drug-likeness (QED) is 0.739. The van der Waals surface area contributed by atoms with Crippen molar-refractivity contribution >= 4 is 11.9 Å². The van der Waals surface area contributed by atoms with Gasteiger partial charge >= 0.3 is 5.97 Å². The number of hydrogen-bond donors (Lipinski definition) is 0. The van der Waals surface area contributed by atoms with E-state index >= 15 is 0 Å². The zero-order valence-corrected chi connectivity index (χ0v) is 14.5. The minimum atomic E-state index is -0.206. The molecule has 6 nitrogen and oxygen atoms in total. The van der Waals surface area contributed by atoms with Gasteiger partial charge < -0.3 is 14.4 Å². The van der Waals surface area contributed by atoms with Crippen LogP contribution < -0.4 is 0 Å². The van der Waals surface area contributed by atoms with Crippen molar-refractivity contribution < 1.29 is 19.1 Å². The predicted octanol–water partition coefficient (Wildman–Crippen LogP) is 1.54. The molecule has 6 heteroatoms. The molecule has 0 aromatic heterocycles. The first-order valence-electron chi connectivity index (χ1n) is 8.39. The van der Waals surface area contributed by atoms with Gasteiger partial charge in [-0.1, -0.05) is 18.2 Å². The van der Waals surface area contributed by atoms with Crippen LogP contribution in [0.15, 0.2) is 24.3 Å². The Balaban J connectivity index is 1.98. The van der Waals surface area contributed by atoms with Gasteiger partial charge in [0, 0.05) is 38.9 Å². The third-order valence-electron chi connectivity index (χ3n) is 4.08. The molecule has 1 aromatic rings. The molecule has 1 aliphatic rings. The van der Waals surface area contributed by atoms with E-state index in [0.717, 1.165) is 18.5 Å². The second-order valence-corrected chi connectivity index (χ2v) is 5.82. The highest BCUT2D eigenvalue weighted by atomic mass is 16.5. The molecule has 1 fully saturated rings. The van der Waals surface area contributed by atoms with Gasteiger partial charge in [-0.15, -0.1) is 0 Å². The summed E-state index contributed by atoms with van der Waals surface area (Å²) in [5.41, 5.74) is 1.59. The van der Waals surface area contributed by atoms with Gasteiger partial charge in [-0.05, 0) is 25.0 Å². The van der Waals surface area contributed by atoms with Crippen molar-refractivity contribution in [1.29, 1.82) is 0 Å². The lowest BCUT2D eigenvalue weighted by atomic mass is 10.1. The summed E-state index contributed by atoms with van der Waals surface area (Å²) in [6.07, 6.45) is 0.845. The van der Waals surface area contributed by atoms with Crippen molar-refractivity contribution in [1.82, 2.24) is 9.80 Å². The second-order valence-electron chi connectivity index (χ2n) is 5.82. The van der Waals surface area contributed by atoms with Gasteiger partial charge in [-0.25, -0.2) is 0 Å². The molecular weight excluding hydrogens is 308 g/mol. The minimum absolute atomic E-state index is 0.0284. The number of rotatable bonds is 6. The van der Waals surface area contributed by atoms with E-state index in [1.54, 1.807) is 14.0 Å². The lowest BCUT2D eigenvalue weighted by molar-refractivity contribution is -0.144. The summed E-state index contributed by atoms with van der Waals surface area (Å²) in [7, 11) is 1.63. The maximum absolute atomic E-state index is 12.8. The summed E-state index contributed by atoms with van der Waals surface area (Å²) >= 11 is 0. The van der Waals surface area contributed by atoms with Crippen LogP contribution in [0.4, 0.5) is 0 Å². The van der Waals surface area contributed by atoms with Crippen molar-refractivity contribution in [3.8, 4) is 0 Å². The van der Waals surface area contributed by atoms with E-state index in [1.807, 2.05) is 34.1 Å². The number of nitrogens with zero attached hydrogens (tertiary/aromatic N) is 2. The van der Waals surface area contributed by atoms with Gasteiger partial charge in [0.2, 0.25) is 0 Å². The van der Waals surface area contributed by atoms with E-state index in [2.05, 4.69) is 0 Å². The van der Waals surface area contributed by atoms with Gasteiger partial charge in [-0.3, -0.25) is 14.5 Å². The Morgan fingerprint density at radius 1 is 1.12 bits per heavy atom. The van der Waals surface area contributed by atoms with Crippen molar-refractivity contribution in [2.75, 3.05) is 46.4 Å². The topological polar surface area (TPSA) is 59.1 Å². The molecule has 1 aromatic carbocycles. The number of ether oxygens (including phenoxy) is 2. The fourth-order valence-corrected chi connectivity index (χ4v) is 2.90. The monoisotopic (exact) mass is 334 g/mol. The van der Waals surface area contributed by atoms with Crippen molar-refractivity contribution in [3.05, 3.63) is 35.4 Å². The van der Waals surface area contributed by atoms with E-state index in [4.69, 9.17) is 9.47 Å². The minimum Gasteiger partial charge on any atom is -0.465 e. The van der Waals surface area contributed by atoms with E-state index in [0.29, 0.717) is 38.4 Å². The Labute approximate surface area is 143 Å². The van der Waals surface area contributed by atoms with Crippen LogP contribution in [0.5, 0.6) is 0 Å². The van der Waals surface area contributed by atoms with Crippen LogP contribution in [-0.4, -0.2) is 68.1 Å². The summed E-state index contributed by atoms with van der Waals surface area (Å²) in [6, 6.07) is 7.55. The van der Waals surface area contributed by atoms with Gasteiger partial charge in [0.15, 0.2) is 0 Å². The van der Waals surface area contributed by atoms with Crippen LogP contribution in [0.3, 0.4) is 0 Å². The smallest absolute Gasteiger partial charge is 0.320 e. The SMILES string of the molecule is CCOC(=O)CN1CCCN(C(=O)c2ccccc2COC)CC1. The maximum Gasteiger partial charge on any atom is 0.320 e. The number of carbonyl (C=O) groups excluding carboxylic acids is 2. The normalized spacial score (nSPS) is 15.8. The highest BCUT2D eigenvalue weighted by molar-refractivity contribution is 5.95. The van der Waals surface area contributed by atoms with Crippen molar-refractivity contribution in [3.63, 3.8) is 0 Å². The first-order chi connectivity index (χ1) is 11.7. The molecular formula is C18H26N2O4. The number of hydrogen-bond acceptors (Lipinski definition) is 5. The molecule has 1 aliphatic heterocycles. The highest BCUT2D eigenvalue weighted by Crippen LogP contribution is 2.15. The second kappa shape index (κ2) is 9.39. The standard InChI is InChI=1S/C18H26N2O4/c1-3-24-17(21)13-19-9-6-10-20(12-11-19)18(22)16-8-5-4-7-15(16)14-23-2/h4-5,7-8H,3,6,9-14H2,1-2H3. The number of benzene rings is 1. The van der Waals surface area contributed by atoms with Crippen LogP contribution >= 0.6 is 0 Å². The van der Waals surface area contributed by atoms with Gasteiger partial charge in [0.05, 0.1) is 19.8 Å². The molecule has 0 unspecified atom stereocenters. The van der Waals surface area contributed by atoms with Crippen molar-refractivity contribution in [2.45, 2.75) is 20.0 Å². The van der Waals surface area contributed by atoms with E-state index in [9.17, 15) is 9.59 Å². The number of esters is 1. The van der Waals surface area contributed by atoms with E-state index in [1.165, 1.54) is 0 Å². The molecule has 0 N–H and O–H groups in total. The Hall–Kier alpha value is -1.92. The van der Waals surface area contributed by atoms with Gasteiger partial charge in [0.1, 0.15) is 0 Å². The molecule has 2 rings (SSSR count). The molecule has 0 aliphatic carbocycles. The molecule has 0 spiro atoms. The third kappa shape index (κ3) is 5.04. The first kappa shape index (κ1) is 18.4. The summed E-state index contributed by atoms with van der Waals surface area (Å²) in [5.74, 6) is -0.177. The van der Waals surface area contributed by atoms with Crippen LogP contribution in [0.1, 0.15) is 29.3 Å². The molecule has 132 valence electrons. The lowest BCUT2D eigenvalue weighted by Gasteiger charge is -2.22. The molecule has 24 heavy (non-hydrogen) atoms. The lowest BCUT2D eigenvalue weighted by Crippen LogP contribution is -2.37. The highest BCUT2D eigenvalue weighted by Gasteiger charge is 2.23. The molecule has 1 saturated heterocycles. The fourth-order valence-electron chi connectivity index (χ4n) is 2.90. The zero-order valence-electron chi connectivity index (χ0n) is 14.5. The van der Waals surface area contributed by atoms with Crippen LogP contribution in [0.2, 0.25) is 0 Å². The Kier molecular flexibility index (Phi) is 7.21.